The summed E-state index contributed by atoms with van der Waals surface area (Å²) in [6, 6.07) is 3.07. The molecule has 0 bridgehead atoms. The zero-order valence-electron chi connectivity index (χ0n) is 21.4. The number of carbonyl (C=O) groups excluding carboxylic acids is 2. The van der Waals surface area contributed by atoms with E-state index in [0.29, 0.717) is 39.6 Å². The van der Waals surface area contributed by atoms with Crippen molar-refractivity contribution in [1.82, 2.24) is 30.5 Å². The quantitative estimate of drug-likeness (QED) is 0.337. The minimum absolute atomic E-state index is 0.112. The van der Waals surface area contributed by atoms with E-state index in [1.165, 1.54) is 16.7 Å². The monoisotopic (exact) mass is 602 g/mol. The molecule has 1 aliphatic heterocycles. The predicted molar refractivity (Wildman–Crippen MR) is 138 cm³/mol. The van der Waals surface area contributed by atoms with E-state index in [0.717, 1.165) is 23.8 Å². The van der Waals surface area contributed by atoms with E-state index in [1.807, 2.05) is 0 Å². The molecule has 0 radical (unpaired) electrons. The number of halogens is 4. The second-order valence-corrected chi connectivity index (χ2v) is 11.2. The van der Waals surface area contributed by atoms with Crippen molar-refractivity contribution >= 4 is 40.7 Å². The number of hydrogen-bond donors (Lipinski definition) is 3. The summed E-state index contributed by atoms with van der Waals surface area (Å²) in [5.41, 5.74) is -0.365. The van der Waals surface area contributed by atoms with Crippen LogP contribution < -0.4 is 10.6 Å². The number of carboxylic acid groups (broad SMARTS) is 1. The van der Waals surface area contributed by atoms with Gasteiger partial charge in [-0.1, -0.05) is 16.8 Å². The molecule has 3 aromatic rings. The van der Waals surface area contributed by atoms with Gasteiger partial charge in [0.05, 0.1) is 15.8 Å². The number of hydrogen-bond acceptors (Lipinski definition) is 8. The highest BCUT2D eigenvalue weighted by atomic mass is 35.5. The minimum atomic E-state index is -5.24. The Kier molecular flexibility index (Phi) is 8.85. The molecule has 1 atom stereocenters. The Morgan fingerprint density at radius 1 is 1.20 bits per heavy atom. The summed E-state index contributed by atoms with van der Waals surface area (Å²) in [6.07, 6.45) is -3.86. The molecule has 4 rings (SSSR count). The summed E-state index contributed by atoms with van der Waals surface area (Å²) in [7, 11) is 0. The molecule has 216 valence electrons. The number of likely N-dealkylation sites (tertiary alicyclic amines) is 1. The molecular formula is C24H26ClF3N6O5S. The van der Waals surface area contributed by atoms with Crippen LogP contribution in [0.25, 0.3) is 10.6 Å². The van der Waals surface area contributed by atoms with Crippen LogP contribution in [-0.2, 0) is 11.3 Å². The molecule has 1 unspecified atom stereocenters. The van der Waals surface area contributed by atoms with Crippen molar-refractivity contribution in [2.24, 2.45) is 0 Å². The van der Waals surface area contributed by atoms with Gasteiger partial charge in [0.15, 0.2) is 11.5 Å². The van der Waals surface area contributed by atoms with Crippen molar-refractivity contribution in [3.8, 4) is 10.6 Å². The number of nitrogens with one attached hydrogen (secondary N) is 2. The van der Waals surface area contributed by atoms with Gasteiger partial charge in [0.2, 0.25) is 6.04 Å². The van der Waals surface area contributed by atoms with Gasteiger partial charge in [0.25, 0.3) is 11.8 Å². The van der Waals surface area contributed by atoms with Crippen LogP contribution >= 0.6 is 22.9 Å². The summed E-state index contributed by atoms with van der Waals surface area (Å²) in [4.78, 5) is 39.9. The van der Waals surface area contributed by atoms with Crippen LogP contribution in [0, 0.1) is 0 Å². The third-order valence-corrected chi connectivity index (χ3v) is 7.62. The van der Waals surface area contributed by atoms with E-state index in [4.69, 9.17) is 21.2 Å². The van der Waals surface area contributed by atoms with Crippen LogP contribution in [0.15, 0.2) is 28.8 Å². The molecule has 4 heterocycles. The highest BCUT2D eigenvalue weighted by Gasteiger charge is 2.46. The number of aliphatic carboxylic acids is 1. The third kappa shape index (κ3) is 7.01. The molecule has 0 spiro atoms. The summed E-state index contributed by atoms with van der Waals surface area (Å²) in [5.74, 6) is -3.88. The first-order valence-corrected chi connectivity index (χ1v) is 13.5. The second-order valence-electron chi connectivity index (χ2n) is 9.52. The van der Waals surface area contributed by atoms with Crippen molar-refractivity contribution in [2.75, 3.05) is 13.1 Å². The van der Waals surface area contributed by atoms with Crippen molar-refractivity contribution in [1.29, 1.82) is 0 Å². The maximum Gasteiger partial charge on any atom is 0.419 e. The molecule has 1 saturated heterocycles. The average molecular weight is 603 g/mol. The predicted octanol–water partition coefficient (Wildman–Crippen LogP) is 3.65. The van der Waals surface area contributed by atoms with Crippen molar-refractivity contribution in [2.45, 2.75) is 57.5 Å². The molecule has 1 fully saturated rings. The molecule has 1 aliphatic rings. The molecule has 0 aliphatic carbocycles. The maximum atomic E-state index is 13.2. The highest BCUT2D eigenvalue weighted by Crippen LogP contribution is 2.31. The SMILES string of the molecule is CC(C)N1CCC(NC(=O)c2cc(C(=O)NC(C(=O)O)C(F)(F)F)nn2Cc2cc(-c3ccc(Cl)s3)on2)CC1. The fraction of sp³-hybridized carbons (Fsp3) is 0.458. The zero-order valence-corrected chi connectivity index (χ0v) is 22.9. The highest BCUT2D eigenvalue weighted by molar-refractivity contribution is 7.19. The van der Waals surface area contributed by atoms with E-state index in [1.54, 1.807) is 18.2 Å². The van der Waals surface area contributed by atoms with Crippen molar-refractivity contribution in [3.63, 3.8) is 0 Å². The third-order valence-electron chi connectivity index (χ3n) is 6.38. The van der Waals surface area contributed by atoms with Crippen LogP contribution in [0.4, 0.5) is 13.2 Å². The summed E-state index contributed by atoms with van der Waals surface area (Å²) < 4.78 is 46.3. The van der Waals surface area contributed by atoms with Gasteiger partial charge in [0, 0.05) is 37.3 Å². The number of thiophene rings is 1. The number of nitrogens with zero attached hydrogens (tertiary/aromatic N) is 4. The number of carbonyl (C=O) groups is 3. The smallest absolute Gasteiger partial charge is 0.419 e. The average Bonchev–Trinajstić information content (AvgIpc) is 3.62. The number of piperidine rings is 1. The number of amides is 2. The molecule has 0 saturated carbocycles. The molecule has 2 amide bonds. The van der Waals surface area contributed by atoms with Gasteiger partial charge in [-0.3, -0.25) is 14.3 Å². The Hall–Kier alpha value is -3.43. The molecule has 0 aromatic carbocycles. The minimum Gasteiger partial charge on any atom is -0.479 e. The van der Waals surface area contributed by atoms with Gasteiger partial charge >= 0.3 is 12.1 Å². The Bertz CT molecular complexity index is 1380. The lowest BCUT2D eigenvalue weighted by Crippen LogP contribution is -2.50. The maximum absolute atomic E-state index is 13.2. The Morgan fingerprint density at radius 2 is 1.90 bits per heavy atom. The Balaban J connectivity index is 1.57. The fourth-order valence-electron chi connectivity index (χ4n) is 4.24. The number of aromatic nitrogens is 3. The molecule has 3 aromatic heterocycles. The fourth-order valence-corrected chi connectivity index (χ4v) is 5.23. The Morgan fingerprint density at radius 3 is 2.48 bits per heavy atom. The van der Waals surface area contributed by atoms with Gasteiger partial charge in [-0.2, -0.15) is 18.3 Å². The van der Waals surface area contributed by atoms with Crippen LogP contribution in [0.2, 0.25) is 4.34 Å². The summed E-state index contributed by atoms with van der Waals surface area (Å²) >= 11 is 7.23. The van der Waals surface area contributed by atoms with Gasteiger partial charge in [-0.25, -0.2) is 4.79 Å². The number of carboxylic acids is 1. The first-order valence-electron chi connectivity index (χ1n) is 12.3. The first-order chi connectivity index (χ1) is 18.8. The molecule has 3 N–H and O–H groups in total. The van der Waals surface area contributed by atoms with Gasteiger partial charge < -0.3 is 25.2 Å². The van der Waals surface area contributed by atoms with Crippen LogP contribution in [0.5, 0.6) is 0 Å². The lowest BCUT2D eigenvalue weighted by atomic mass is 10.0. The van der Waals surface area contributed by atoms with Crippen LogP contribution in [-0.4, -0.2) is 80.1 Å². The largest absolute Gasteiger partial charge is 0.479 e. The number of alkyl halides is 3. The van der Waals surface area contributed by atoms with E-state index in [2.05, 4.69) is 34.3 Å². The second kappa shape index (κ2) is 12.0. The topological polar surface area (TPSA) is 143 Å². The van der Waals surface area contributed by atoms with Gasteiger partial charge in [0.1, 0.15) is 11.4 Å². The molecule has 16 heteroatoms. The van der Waals surface area contributed by atoms with Gasteiger partial charge in [-0.05, 0) is 38.8 Å². The lowest BCUT2D eigenvalue weighted by molar-refractivity contribution is -0.178. The zero-order chi connectivity index (χ0) is 29.2. The molecule has 40 heavy (non-hydrogen) atoms. The van der Waals surface area contributed by atoms with Crippen molar-refractivity contribution < 1.29 is 37.2 Å². The van der Waals surface area contributed by atoms with E-state index in [-0.39, 0.29) is 18.3 Å². The number of rotatable bonds is 9. The van der Waals surface area contributed by atoms with E-state index >= 15 is 0 Å². The first kappa shape index (κ1) is 29.6. The Labute approximate surface area is 235 Å². The van der Waals surface area contributed by atoms with Crippen LogP contribution in [0.3, 0.4) is 0 Å². The van der Waals surface area contributed by atoms with E-state index in [9.17, 15) is 27.6 Å². The summed E-state index contributed by atoms with van der Waals surface area (Å²) in [6.45, 7) is 5.56. The molecule has 11 nitrogen and oxygen atoms in total. The van der Waals surface area contributed by atoms with Crippen molar-refractivity contribution in [3.05, 3.63) is 45.7 Å². The summed E-state index contributed by atoms with van der Waals surface area (Å²) in [5, 5.41) is 21.2. The van der Waals surface area contributed by atoms with E-state index < -0.39 is 35.7 Å². The van der Waals surface area contributed by atoms with Gasteiger partial charge in [-0.15, -0.1) is 11.3 Å². The lowest BCUT2D eigenvalue weighted by Gasteiger charge is -2.34. The molecular weight excluding hydrogens is 577 g/mol. The van der Waals surface area contributed by atoms with Crippen LogP contribution in [0.1, 0.15) is 53.4 Å². The standard InChI is InChI=1S/C24H26ClF3N6O5S/c1-12(2)33-7-5-13(6-8-33)29-22(36)16-10-15(21(35)30-20(23(37)38)24(26,27)28)31-34(16)11-14-9-17(39-32-14)18-3-4-19(25)40-18/h3-4,9-10,12-13,20H,5-8,11H2,1-2H3,(H,29,36)(H,30,35)(H,37,38). The normalized spacial score (nSPS) is 15.8.